The number of nitrogens with zero attached hydrogens (tertiary/aromatic N) is 1. The third-order valence-electron chi connectivity index (χ3n) is 3.68. The molecule has 1 aromatic carbocycles. The zero-order chi connectivity index (χ0) is 14.7. The van der Waals surface area contributed by atoms with Gasteiger partial charge in [-0.25, -0.2) is 0 Å². The summed E-state index contributed by atoms with van der Waals surface area (Å²) in [5, 5.41) is 0. The molecule has 0 bridgehead atoms. The molecule has 0 spiro atoms. The van der Waals surface area contributed by atoms with Gasteiger partial charge in [0.05, 0.1) is 0 Å². The van der Waals surface area contributed by atoms with Crippen molar-refractivity contribution in [1.29, 1.82) is 0 Å². The molecule has 1 saturated heterocycles. The molecule has 0 aliphatic carbocycles. The molecule has 0 N–H and O–H groups in total. The van der Waals surface area contributed by atoms with Crippen molar-refractivity contribution in [2.45, 2.75) is 39.7 Å². The van der Waals surface area contributed by atoms with E-state index in [9.17, 15) is 9.59 Å². The predicted molar refractivity (Wildman–Crippen MR) is 77.2 cm³/mol. The van der Waals surface area contributed by atoms with Crippen LogP contribution >= 0.6 is 0 Å². The highest BCUT2D eigenvalue weighted by atomic mass is 16.5. The number of benzene rings is 1. The fourth-order valence-corrected chi connectivity index (χ4v) is 2.66. The second kappa shape index (κ2) is 6.07. The Kier molecular flexibility index (Phi) is 4.42. The molecule has 1 amide bonds. The van der Waals surface area contributed by atoms with Gasteiger partial charge in [-0.1, -0.05) is 0 Å². The lowest BCUT2D eigenvalue weighted by atomic mass is 10.1. The van der Waals surface area contributed by atoms with E-state index in [1.807, 2.05) is 18.7 Å². The smallest absolute Gasteiger partial charge is 0.263 e. The van der Waals surface area contributed by atoms with Gasteiger partial charge in [0.15, 0.2) is 6.10 Å². The monoisotopic (exact) mass is 275 g/mol. The zero-order valence-electron chi connectivity index (χ0n) is 12.3. The van der Waals surface area contributed by atoms with Gasteiger partial charge in [0.25, 0.3) is 5.91 Å². The van der Waals surface area contributed by atoms with E-state index in [0.717, 1.165) is 43.3 Å². The Hall–Kier alpha value is -1.84. The van der Waals surface area contributed by atoms with Crippen LogP contribution in [0, 0.1) is 13.8 Å². The number of aryl methyl sites for hydroxylation is 2. The van der Waals surface area contributed by atoms with Gasteiger partial charge in [-0.15, -0.1) is 0 Å². The van der Waals surface area contributed by atoms with Crippen LogP contribution in [-0.4, -0.2) is 36.3 Å². The largest absolute Gasteiger partial charge is 0.480 e. The maximum Gasteiger partial charge on any atom is 0.263 e. The quantitative estimate of drug-likeness (QED) is 0.793. The Morgan fingerprint density at radius 3 is 2.30 bits per heavy atom. The Balaban J connectivity index is 2.13. The molecule has 1 heterocycles. The first-order valence-corrected chi connectivity index (χ1v) is 7.05. The number of carbonyl (C=O) groups is 2. The van der Waals surface area contributed by atoms with Gasteiger partial charge in [0, 0.05) is 18.7 Å². The van der Waals surface area contributed by atoms with Crippen LogP contribution < -0.4 is 4.74 Å². The number of rotatable bonds is 4. The van der Waals surface area contributed by atoms with E-state index in [4.69, 9.17) is 4.74 Å². The highest BCUT2D eigenvalue weighted by molar-refractivity contribution is 5.81. The van der Waals surface area contributed by atoms with Crippen LogP contribution in [0.25, 0.3) is 0 Å². The normalized spacial score (nSPS) is 16.1. The molecule has 0 radical (unpaired) electrons. The maximum absolute atomic E-state index is 12.2. The highest BCUT2D eigenvalue weighted by Gasteiger charge is 2.25. The van der Waals surface area contributed by atoms with E-state index < -0.39 is 6.10 Å². The third-order valence-corrected chi connectivity index (χ3v) is 3.68. The summed E-state index contributed by atoms with van der Waals surface area (Å²) in [6.45, 7) is 7.22. The fraction of sp³-hybridized carbons (Fsp3) is 0.500. The van der Waals surface area contributed by atoms with Crippen LogP contribution in [0.2, 0.25) is 0 Å². The molecule has 1 unspecified atom stereocenters. The lowest BCUT2D eigenvalue weighted by Gasteiger charge is -2.23. The van der Waals surface area contributed by atoms with Crippen molar-refractivity contribution in [3.63, 3.8) is 0 Å². The van der Waals surface area contributed by atoms with Crippen molar-refractivity contribution >= 4 is 12.2 Å². The average Bonchev–Trinajstić information content (AvgIpc) is 2.95. The first-order valence-electron chi connectivity index (χ1n) is 7.05. The minimum absolute atomic E-state index is 0.0424. The molecule has 4 heteroatoms. The number of ether oxygens (including phenoxy) is 1. The van der Waals surface area contributed by atoms with Crippen molar-refractivity contribution < 1.29 is 14.3 Å². The number of amides is 1. The summed E-state index contributed by atoms with van der Waals surface area (Å²) in [4.78, 5) is 24.9. The van der Waals surface area contributed by atoms with Crippen LogP contribution in [0.1, 0.15) is 41.3 Å². The van der Waals surface area contributed by atoms with Crippen LogP contribution in [0.15, 0.2) is 12.1 Å². The molecule has 0 aromatic heterocycles. The lowest BCUT2D eigenvalue weighted by molar-refractivity contribution is -0.136. The van der Waals surface area contributed by atoms with Crippen molar-refractivity contribution in [2.75, 3.05) is 13.1 Å². The van der Waals surface area contributed by atoms with Crippen LogP contribution in [-0.2, 0) is 4.79 Å². The first kappa shape index (κ1) is 14.6. The Bertz CT molecular complexity index is 495. The molecular weight excluding hydrogens is 254 g/mol. The van der Waals surface area contributed by atoms with Crippen molar-refractivity contribution in [1.82, 2.24) is 4.90 Å². The number of likely N-dealkylation sites (tertiary alicyclic amines) is 1. The predicted octanol–water partition coefficient (Wildman–Crippen LogP) is 2.51. The number of hydrogen-bond donors (Lipinski definition) is 0. The van der Waals surface area contributed by atoms with Gasteiger partial charge < -0.3 is 9.64 Å². The standard InChI is InChI=1S/C16H21NO3/c1-11-8-14(10-18)9-12(2)15(11)20-13(3)16(19)17-6-4-5-7-17/h8-10,13H,4-7H2,1-3H3. The summed E-state index contributed by atoms with van der Waals surface area (Å²) in [7, 11) is 0. The van der Waals surface area contributed by atoms with E-state index in [-0.39, 0.29) is 5.91 Å². The number of hydrogen-bond acceptors (Lipinski definition) is 3. The molecule has 4 nitrogen and oxygen atoms in total. The summed E-state index contributed by atoms with van der Waals surface area (Å²) in [5.41, 5.74) is 2.40. The summed E-state index contributed by atoms with van der Waals surface area (Å²) in [5.74, 6) is 0.747. The SMILES string of the molecule is Cc1cc(C=O)cc(C)c1OC(C)C(=O)N1CCCC1. The summed E-state index contributed by atoms with van der Waals surface area (Å²) in [6, 6.07) is 3.56. The Morgan fingerprint density at radius 1 is 1.25 bits per heavy atom. The average molecular weight is 275 g/mol. The molecule has 1 aromatic rings. The summed E-state index contributed by atoms with van der Waals surface area (Å²) < 4.78 is 5.84. The van der Waals surface area contributed by atoms with Gasteiger partial charge >= 0.3 is 0 Å². The number of aldehydes is 1. The van der Waals surface area contributed by atoms with Crippen molar-refractivity contribution in [2.24, 2.45) is 0 Å². The van der Waals surface area contributed by atoms with E-state index >= 15 is 0 Å². The maximum atomic E-state index is 12.2. The van der Waals surface area contributed by atoms with Gasteiger partial charge in [-0.05, 0) is 56.9 Å². The molecule has 0 saturated carbocycles. The molecule has 1 atom stereocenters. The molecule has 2 rings (SSSR count). The van der Waals surface area contributed by atoms with Crippen molar-refractivity contribution in [3.05, 3.63) is 28.8 Å². The second-order valence-corrected chi connectivity index (χ2v) is 5.39. The molecule has 20 heavy (non-hydrogen) atoms. The van der Waals surface area contributed by atoms with Crippen molar-refractivity contribution in [3.8, 4) is 5.75 Å². The second-order valence-electron chi connectivity index (χ2n) is 5.39. The molecule has 108 valence electrons. The molecule has 1 aliphatic rings. The van der Waals surface area contributed by atoms with Crippen LogP contribution in [0.5, 0.6) is 5.75 Å². The topological polar surface area (TPSA) is 46.6 Å². The lowest BCUT2D eigenvalue weighted by Crippen LogP contribution is -2.38. The van der Waals surface area contributed by atoms with E-state index in [0.29, 0.717) is 11.3 Å². The molecule has 1 fully saturated rings. The van der Waals surface area contributed by atoms with Gasteiger partial charge in [0.1, 0.15) is 12.0 Å². The van der Waals surface area contributed by atoms with Gasteiger partial charge in [0.2, 0.25) is 0 Å². The minimum atomic E-state index is -0.493. The molecular formula is C16H21NO3. The zero-order valence-corrected chi connectivity index (χ0v) is 12.3. The van der Waals surface area contributed by atoms with E-state index in [1.165, 1.54) is 0 Å². The van der Waals surface area contributed by atoms with Gasteiger partial charge in [-0.3, -0.25) is 9.59 Å². The highest BCUT2D eigenvalue weighted by Crippen LogP contribution is 2.26. The van der Waals surface area contributed by atoms with E-state index in [1.54, 1.807) is 19.1 Å². The Labute approximate surface area is 119 Å². The van der Waals surface area contributed by atoms with Crippen LogP contribution in [0.4, 0.5) is 0 Å². The Morgan fingerprint density at radius 2 is 1.80 bits per heavy atom. The fourth-order valence-electron chi connectivity index (χ4n) is 2.66. The number of carbonyl (C=O) groups excluding carboxylic acids is 2. The van der Waals surface area contributed by atoms with Crippen LogP contribution in [0.3, 0.4) is 0 Å². The summed E-state index contributed by atoms with van der Waals surface area (Å²) >= 11 is 0. The van der Waals surface area contributed by atoms with Gasteiger partial charge in [-0.2, -0.15) is 0 Å². The third kappa shape index (κ3) is 3.00. The first-order chi connectivity index (χ1) is 9.52. The van der Waals surface area contributed by atoms with E-state index in [2.05, 4.69) is 0 Å². The summed E-state index contributed by atoms with van der Waals surface area (Å²) in [6.07, 6.45) is 2.48. The minimum Gasteiger partial charge on any atom is -0.480 e. The molecule has 1 aliphatic heterocycles.